The van der Waals surface area contributed by atoms with Gasteiger partial charge in [-0.25, -0.2) is 0 Å². The van der Waals surface area contributed by atoms with Crippen LogP contribution in [0.1, 0.15) is 25.2 Å². The summed E-state index contributed by atoms with van der Waals surface area (Å²) in [6.07, 6.45) is 0. The fraction of sp³-hybridized carbons (Fsp3) is 0.333. The van der Waals surface area contributed by atoms with Gasteiger partial charge in [0.15, 0.2) is 0 Å². The minimum absolute atomic E-state index is 0.0488. The first-order valence-corrected chi connectivity index (χ1v) is 5.16. The van der Waals surface area contributed by atoms with Crippen LogP contribution in [0.4, 0.5) is 0 Å². The number of carbonyl (C=O) groups is 1. The highest BCUT2D eigenvalue weighted by Crippen LogP contribution is 2.00. The third-order valence-electron chi connectivity index (χ3n) is 1.95. The lowest BCUT2D eigenvalue weighted by Gasteiger charge is -2.07. The first-order chi connectivity index (χ1) is 7.58. The van der Waals surface area contributed by atoms with Crippen molar-refractivity contribution >= 4 is 5.91 Å². The molecule has 0 spiro atoms. The van der Waals surface area contributed by atoms with Crippen molar-refractivity contribution in [2.45, 2.75) is 26.9 Å². The van der Waals surface area contributed by atoms with E-state index >= 15 is 0 Å². The lowest BCUT2D eigenvalue weighted by Crippen LogP contribution is -2.20. The number of allylic oxidation sites excluding steroid dienone is 1. The summed E-state index contributed by atoms with van der Waals surface area (Å²) in [4.78, 5) is 15.2. The second-order valence-electron chi connectivity index (χ2n) is 3.66. The van der Waals surface area contributed by atoms with E-state index < -0.39 is 0 Å². The van der Waals surface area contributed by atoms with Crippen LogP contribution in [0.15, 0.2) is 30.5 Å². The van der Waals surface area contributed by atoms with Gasteiger partial charge in [0, 0.05) is 12.6 Å². The maximum absolute atomic E-state index is 10.8. The smallest absolute Gasteiger partial charge is 0.217 e. The highest BCUT2D eigenvalue weighted by molar-refractivity contribution is 5.72. The number of aromatic nitrogens is 1. The molecule has 0 aromatic carbocycles. The monoisotopic (exact) mass is 219 g/mol. The highest BCUT2D eigenvalue weighted by Gasteiger charge is 1.98. The number of rotatable bonds is 5. The molecule has 86 valence electrons. The Bertz CT molecular complexity index is 354. The SMILES string of the molecule is C=C(C)NCc1cccc(CNC(C)=O)n1. The highest BCUT2D eigenvalue weighted by atomic mass is 16.1. The third kappa shape index (κ3) is 4.59. The summed E-state index contributed by atoms with van der Waals surface area (Å²) < 4.78 is 0. The van der Waals surface area contributed by atoms with Crippen molar-refractivity contribution in [2.24, 2.45) is 0 Å². The average Bonchev–Trinajstić information content (AvgIpc) is 2.24. The average molecular weight is 219 g/mol. The van der Waals surface area contributed by atoms with Crippen LogP contribution < -0.4 is 10.6 Å². The van der Waals surface area contributed by atoms with Gasteiger partial charge in [-0.3, -0.25) is 9.78 Å². The minimum Gasteiger partial charge on any atom is -0.383 e. The van der Waals surface area contributed by atoms with Gasteiger partial charge in [0.1, 0.15) is 0 Å². The number of hydrogen-bond donors (Lipinski definition) is 2. The van der Waals surface area contributed by atoms with Crippen molar-refractivity contribution < 1.29 is 4.79 Å². The standard InChI is InChI=1S/C12H17N3O/c1-9(2)13-7-11-5-4-6-12(15-11)8-14-10(3)16/h4-6,13H,1,7-8H2,2-3H3,(H,14,16). The van der Waals surface area contributed by atoms with Gasteiger partial charge in [-0.05, 0) is 19.1 Å². The van der Waals surface area contributed by atoms with Crippen molar-refractivity contribution in [3.8, 4) is 0 Å². The Kier molecular flexibility index (Phi) is 4.51. The Balaban J connectivity index is 2.56. The molecule has 0 aliphatic carbocycles. The summed E-state index contributed by atoms with van der Waals surface area (Å²) in [5, 5.41) is 5.82. The summed E-state index contributed by atoms with van der Waals surface area (Å²) in [5.74, 6) is -0.0488. The fourth-order valence-electron chi connectivity index (χ4n) is 1.18. The molecule has 4 nitrogen and oxygen atoms in total. The first kappa shape index (κ1) is 12.2. The van der Waals surface area contributed by atoms with Gasteiger partial charge < -0.3 is 10.6 Å². The Morgan fingerprint density at radius 3 is 2.31 bits per heavy atom. The Labute approximate surface area is 95.8 Å². The van der Waals surface area contributed by atoms with E-state index in [9.17, 15) is 4.79 Å². The number of nitrogens with zero attached hydrogens (tertiary/aromatic N) is 1. The third-order valence-corrected chi connectivity index (χ3v) is 1.95. The zero-order valence-corrected chi connectivity index (χ0v) is 9.71. The van der Waals surface area contributed by atoms with Gasteiger partial charge in [-0.1, -0.05) is 12.6 Å². The number of amides is 1. The molecule has 0 aliphatic rings. The van der Waals surface area contributed by atoms with Gasteiger partial charge in [0.25, 0.3) is 0 Å². The molecule has 4 heteroatoms. The van der Waals surface area contributed by atoms with Crippen LogP contribution >= 0.6 is 0 Å². The van der Waals surface area contributed by atoms with Crippen molar-refractivity contribution in [3.05, 3.63) is 41.9 Å². The molecule has 0 atom stereocenters. The molecule has 0 fully saturated rings. The molecule has 1 heterocycles. The number of hydrogen-bond acceptors (Lipinski definition) is 3. The predicted octanol–water partition coefficient (Wildman–Crippen LogP) is 1.34. The van der Waals surface area contributed by atoms with Crippen molar-refractivity contribution in [1.82, 2.24) is 15.6 Å². The number of pyridine rings is 1. The Hall–Kier alpha value is -1.84. The lowest BCUT2D eigenvalue weighted by molar-refractivity contribution is -0.119. The zero-order valence-electron chi connectivity index (χ0n) is 9.71. The normalized spacial score (nSPS) is 9.62. The van der Waals surface area contributed by atoms with E-state index in [0.29, 0.717) is 13.1 Å². The molecule has 16 heavy (non-hydrogen) atoms. The maximum atomic E-state index is 10.8. The summed E-state index contributed by atoms with van der Waals surface area (Å²) in [6, 6.07) is 5.76. The molecule has 0 radical (unpaired) electrons. The van der Waals surface area contributed by atoms with E-state index in [1.807, 2.05) is 25.1 Å². The second-order valence-corrected chi connectivity index (χ2v) is 3.66. The van der Waals surface area contributed by atoms with Crippen molar-refractivity contribution in [3.63, 3.8) is 0 Å². The Morgan fingerprint density at radius 1 is 1.25 bits per heavy atom. The predicted molar refractivity (Wildman–Crippen MR) is 63.4 cm³/mol. The van der Waals surface area contributed by atoms with E-state index in [2.05, 4.69) is 22.2 Å². The molecule has 1 rings (SSSR count). The van der Waals surface area contributed by atoms with Gasteiger partial charge in [0.05, 0.1) is 24.5 Å². The van der Waals surface area contributed by atoms with Crippen molar-refractivity contribution in [1.29, 1.82) is 0 Å². The summed E-state index contributed by atoms with van der Waals surface area (Å²) in [7, 11) is 0. The quantitative estimate of drug-likeness (QED) is 0.785. The summed E-state index contributed by atoms with van der Waals surface area (Å²) in [5.41, 5.74) is 2.70. The largest absolute Gasteiger partial charge is 0.383 e. The van der Waals surface area contributed by atoms with Gasteiger partial charge in [-0.2, -0.15) is 0 Å². The molecule has 1 aromatic heterocycles. The van der Waals surface area contributed by atoms with Gasteiger partial charge >= 0.3 is 0 Å². The van der Waals surface area contributed by atoms with Crippen LogP contribution in [-0.4, -0.2) is 10.9 Å². The van der Waals surface area contributed by atoms with E-state index in [-0.39, 0.29) is 5.91 Å². The molecule has 1 amide bonds. The molecule has 0 aliphatic heterocycles. The van der Waals surface area contributed by atoms with E-state index in [0.717, 1.165) is 17.1 Å². The zero-order chi connectivity index (χ0) is 12.0. The second kappa shape index (κ2) is 5.90. The Morgan fingerprint density at radius 2 is 1.81 bits per heavy atom. The topological polar surface area (TPSA) is 54.0 Å². The summed E-state index contributed by atoms with van der Waals surface area (Å²) >= 11 is 0. The maximum Gasteiger partial charge on any atom is 0.217 e. The van der Waals surface area contributed by atoms with Crippen LogP contribution in [0.5, 0.6) is 0 Å². The van der Waals surface area contributed by atoms with Crippen LogP contribution in [-0.2, 0) is 17.9 Å². The molecular formula is C12H17N3O. The molecule has 2 N–H and O–H groups in total. The van der Waals surface area contributed by atoms with E-state index in [1.54, 1.807) is 0 Å². The van der Waals surface area contributed by atoms with Crippen molar-refractivity contribution in [2.75, 3.05) is 0 Å². The van der Waals surface area contributed by atoms with E-state index in [4.69, 9.17) is 0 Å². The van der Waals surface area contributed by atoms with Gasteiger partial charge in [0.2, 0.25) is 5.91 Å². The molecule has 0 saturated carbocycles. The van der Waals surface area contributed by atoms with Crippen LogP contribution in [0.25, 0.3) is 0 Å². The van der Waals surface area contributed by atoms with Crippen LogP contribution in [0.3, 0.4) is 0 Å². The molecule has 0 bridgehead atoms. The first-order valence-electron chi connectivity index (χ1n) is 5.16. The lowest BCUT2D eigenvalue weighted by atomic mass is 10.3. The van der Waals surface area contributed by atoms with E-state index in [1.165, 1.54) is 6.92 Å². The minimum atomic E-state index is -0.0488. The number of nitrogens with one attached hydrogen (secondary N) is 2. The summed E-state index contributed by atoms with van der Waals surface area (Å²) in [6.45, 7) is 8.28. The molecule has 1 aromatic rings. The van der Waals surface area contributed by atoms with Crippen LogP contribution in [0.2, 0.25) is 0 Å². The van der Waals surface area contributed by atoms with Crippen LogP contribution in [0, 0.1) is 0 Å². The fourth-order valence-corrected chi connectivity index (χ4v) is 1.18. The molecular weight excluding hydrogens is 202 g/mol. The molecule has 0 unspecified atom stereocenters. The number of carbonyl (C=O) groups excluding carboxylic acids is 1. The molecule has 0 saturated heterocycles. The van der Waals surface area contributed by atoms with Gasteiger partial charge in [-0.15, -0.1) is 0 Å².